The van der Waals surface area contributed by atoms with E-state index in [1.54, 1.807) is 18.2 Å². The van der Waals surface area contributed by atoms with Crippen molar-refractivity contribution >= 4 is 50.7 Å². The van der Waals surface area contributed by atoms with E-state index in [9.17, 15) is 22.4 Å². The minimum Gasteiger partial charge on any atom is -0.493 e. The number of halogens is 3. The van der Waals surface area contributed by atoms with Gasteiger partial charge in [0.05, 0.1) is 34.8 Å². The van der Waals surface area contributed by atoms with Gasteiger partial charge >= 0.3 is 0 Å². The van der Waals surface area contributed by atoms with Crippen LogP contribution in [-0.2, 0) is 32.6 Å². The van der Waals surface area contributed by atoms with E-state index in [0.29, 0.717) is 22.8 Å². The molecule has 0 unspecified atom stereocenters. The average Bonchev–Trinajstić information content (AvgIpc) is 3.10. The van der Waals surface area contributed by atoms with Crippen LogP contribution in [0.4, 0.5) is 10.1 Å². The molecule has 2 amide bonds. The van der Waals surface area contributed by atoms with Crippen molar-refractivity contribution < 1.29 is 31.9 Å². The van der Waals surface area contributed by atoms with Crippen LogP contribution >= 0.6 is 23.2 Å². The second kappa shape index (κ2) is 16.9. The minimum absolute atomic E-state index is 0.0303. The van der Waals surface area contributed by atoms with Gasteiger partial charge in [-0.15, -0.1) is 0 Å². The average molecular weight is 731 g/mol. The van der Waals surface area contributed by atoms with Crippen LogP contribution in [0.5, 0.6) is 11.5 Å². The minimum atomic E-state index is -4.48. The van der Waals surface area contributed by atoms with Crippen molar-refractivity contribution in [3.8, 4) is 11.5 Å². The van der Waals surface area contributed by atoms with Crippen LogP contribution < -0.4 is 19.1 Å². The van der Waals surface area contributed by atoms with E-state index in [1.165, 1.54) is 49.5 Å². The number of amides is 2. The van der Waals surface area contributed by atoms with Crippen molar-refractivity contribution in [3.05, 3.63) is 118 Å². The van der Waals surface area contributed by atoms with E-state index in [1.807, 2.05) is 44.2 Å². The first-order valence-corrected chi connectivity index (χ1v) is 17.7. The number of anilines is 1. The molecule has 49 heavy (non-hydrogen) atoms. The fourth-order valence-electron chi connectivity index (χ4n) is 5.07. The molecule has 0 saturated carbocycles. The van der Waals surface area contributed by atoms with Crippen LogP contribution in [0.2, 0.25) is 10.0 Å². The molecule has 4 aromatic carbocycles. The highest BCUT2D eigenvalue weighted by atomic mass is 35.5. The first-order valence-electron chi connectivity index (χ1n) is 15.5. The Labute approximate surface area is 296 Å². The Balaban J connectivity index is 1.84. The van der Waals surface area contributed by atoms with Crippen molar-refractivity contribution in [1.29, 1.82) is 0 Å². The lowest BCUT2D eigenvalue weighted by Gasteiger charge is -2.34. The second-order valence-electron chi connectivity index (χ2n) is 11.3. The molecule has 0 saturated heterocycles. The highest BCUT2D eigenvalue weighted by molar-refractivity contribution is 7.92. The molecule has 260 valence electrons. The monoisotopic (exact) mass is 729 g/mol. The number of carbonyl (C=O) groups is 2. The summed E-state index contributed by atoms with van der Waals surface area (Å²) in [5.74, 6) is -1.25. The highest BCUT2D eigenvalue weighted by Crippen LogP contribution is 2.33. The smallest absolute Gasteiger partial charge is 0.264 e. The molecule has 0 aliphatic carbocycles. The number of nitrogens with zero attached hydrogens (tertiary/aromatic N) is 2. The van der Waals surface area contributed by atoms with E-state index in [4.69, 9.17) is 32.7 Å². The zero-order chi connectivity index (χ0) is 35.7. The number of carbonyl (C=O) groups excluding carboxylic acids is 2. The lowest BCUT2D eigenvalue weighted by atomic mass is 10.0. The summed E-state index contributed by atoms with van der Waals surface area (Å²) in [6, 6.07) is 21.6. The molecule has 0 radical (unpaired) electrons. The third-order valence-corrected chi connectivity index (χ3v) is 10.5. The molecule has 0 aliphatic heterocycles. The summed E-state index contributed by atoms with van der Waals surface area (Å²) in [4.78, 5) is 29.7. The van der Waals surface area contributed by atoms with Crippen molar-refractivity contribution in [2.45, 2.75) is 50.2 Å². The Bertz CT molecular complexity index is 1860. The molecule has 0 heterocycles. The predicted molar refractivity (Wildman–Crippen MR) is 189 cm³/mol. The summed E-state index contributed by atoms with van der Waals surface area (Å²) >= 11 is 12.5. The van der Waals surface area contributed by atoms with E-state index in [2.05, 4.69) is 5.32 Å². The summed E-state index contributed by atoms with van der Waals surface area (Å²) in [6.07, 6.45) is 0.779. The topological polar surface area (TPSA) is 105 Å². The van der Waals surface area contributed by atoms with Crippen LogP contribution in [0, 0.1) is 5.82 Å². The molecular weight excluding hydrogens is 692 g/mol. The molecule has 4 aromatic rings. The second-order valence-corrected chi connectivity index (χ2v) is 14.0. The van der Waals surface area contributed by atoms with E-state index in [0.717, 1.165) is 22.0 Å². The molecule has 0 bridgehead atoms. The fraction of sp³-hybridized carbons (Fsp3) is 0.278. The number of ether oxygens (including phenoxy) is 2. The van der Waals surface area contributed by atoms with Gasteiger partial charge in [0, 0.05) is 25.1 Å². The van der Waals surface area contributed by atoms with Gasteiger partial charge in [-0.05, 0) is 73.0 Å². The van der Waals surface area contributed by atoms with Crippen molar-refractivity contribution in [2.24, 2.45) is 0 Å². The zero-order valence-electron chi connectivity index (χ0n) is 27.5. The van der Waals surface area contributed by atoms with E-state index in [-0.39, 0.29) is 40.4 Å². The number of sulfonamides is 1. The Hall–Kier alpha value is -4.32. The maximum Gasteiger partial charge on any atom is 0.264 e. The highest BCUT2D eigenvalue weighted by Gasteiger charge is 2.35. The lowest BCUT2D eigenvalue weighted by molar-refractivity contribution is -0.140. The molecule has 0 aromatic heterocycles. The number of rotatable bonds is 15. The summed E-state index contributed by atoms with van der Waals surface area (Å²) in [5.41, 5.74) is 1.38. The standard InChI is InChI=1S/C36H38Cl2FN3O6S/c1-5-24(2)40-36(44)32(20-25-9-7-6-8-10-25)41(22-26-11-17-30(37)31(38)19-26)35(43)23-42(28-14-12-27(39)13-15-28)49(45,46)29-16-18-33(47-3)34(21-29)48-4/h6-19,21,24,32H,5,20,22-23H2,1-4H3,(H,40,44)/t24-,32-/m0/s1. The SMILES string of the molecule is CC[C@H](C)NC(=O)[C@H](Cc1ccccc1)N(Cc1ccc(Cl)c(Cl)c1)C(=O)CN(c1ccc(F)cc1)S(=O)(=O)c1ccc(OC)c(OC)c1. The number of methoxy groups -OCH3 is 2. The summed E-state index contributed by atoms with van der Waals surface area (Å²) in [5, 5.41) is 3.54. The van der Waals surface area contributed by atoms with Gasteiger partial charge in [-0.3, -0.25) is 13.9 Å². The molecule has 0 aliphatic rings. The third kappa shape index (κ3) is 9.44. The van der Waals surface area contributed by atoms with Crippen molar-refractivity contribution in [2.75, 3.05) is 25.1 Å². The van der Waals surface area contributed by atoms with Gasteiger partial charge < -0.3 is 19.7 Å². The first kappa shape index (κ1) is 37.5. The lowest BCUT2D eigenvalue weighted by Crippen LogP contribution is -2.54. The number of nitrogens with one attached hydrogen (secondary N) is 1. The van der Waals surface area contributed by atoms with Gasteiger partial charge in [0.15, 0.2) is 11.5 Å². The largest absolute Gasteiger partial charge is 0.493 e. The van der Waals surface area contributed by atoms with Gasteiger partial charge in [-0.25, -0.2) is 12.8 Å². The molecule has 4 rings (SSSR count). The molecule has 13 heteroatoms. The van der Waals surface area contributed by atoms with Gasteiger partial charge in [0.25, 0.3) is 10.0 Å². The Morgan fingerprint density at radius 3 is 2.14 bits per heavy atom. The number of hydrogen-bond donors (Lipinski definition) is 1. The number of hydrogen-bond acceptors (Lipinski definition) is 6. The molecule has 0 fully saturated rings. The molecule has 2 atom stereocenters. The van der Waals surface area contributed by atoms with Crippen molar-refractivity contribution in [1.82, 2.24) is 10.2 Å². The Kier molecular flexibility index (Phi) is 12.9. The maximum absolute atomic E-state index is 14.6. The molecular formula is C36H38Cl2FN3O6S. The normalized spacial score (nSPS) is 12.5. The van der Waals surface area contributed by atoms with Gasteiger partial charge in [-0.1, -0.05) is 66.5 Å². The first-order chi connectivity index (χ1) is 23.4. The molecule has 0 spiro atoms. The van der Waals surface area contributed by atoms with Crippen LogP contribution in [0.3, 0.4) is 0 Å². The van der Waals surface area contributed by atoms with Gasteiger partial charge in [0.2, 0.25) is 11.8 Å². The fourth-order valence-corrected chi connectivity index (χ4v) is 6.82. The summed E-state index contributed by atoms with van der Waals surface area (Å²) < 4.78 is 54.2. The van der Waals surface area contributed by atoms with Gasteiger partial charge in [0.1, 0.15) is 18.4 Å². The van der Waals surface area contributed by atoms with E-state index >= 15 is 0 Å². The number of benzene rings is 4. The Morgan fingerprint density at radius 1 is 0.857 bits per heavy atom. The predicted octanol–water partition coefficient (Wildman–Crippen LogP) is 6.90. The molecule has 9 nitrogen and oxygen atoms in total. The van der Waals surface area contributed by atoms with Crippen LogP contribution in [0.25, 0.3) is 0 Å². The van der Waals surface area contributed by atoms with Crippen molar-refractivity contribution in [3.63, 3.8) is 0 Å². The van der Waals surface area contributed by atoms with Crippen LogP contribution in [-0.4, -0.2) is 58.0 Å². The zero-order valence-corrected chi connectivity index (χ0v) is 29.9. The maximum atomic E-state index is 14.6. The Morgan fingerprint density at radius 2 is 1.53 bits per heavy atom. The van der Waals surface area contributed by atoms with E-state index < -0.39 is 40.2 Å². The summed E-state index contributed by atoms with van der Waals surface area (Å²) in [7, 11) is -1.69. The quantitative estimate of drug-likeness (QED) is 0.143. The van der Waals surface area contributed by atoms with Crippen LogP contribution in [0.15, 0.2) is 95.9 Å². The summed E-state index contributed by atoms with van der Waals surface area (Å²) in [6.45, 7) is 2.95. The molecule has 1 N–H and O–H groups in total. The van der Waals surface area contributed by atoms with Crippen LogP contribution in [0.1, 0.15) is 31.4 Å². The third-order valence-electron chi connectivity index (χ3n) is 7.95. The van der Waals surface area contributed by atoms with Gasteiger partial charge in [-0.2, -0.15) is 0 Å².